The summed E-state index contributed by atoms with van der Waals surface area (Å²) in [6.45, 7) is 8.00. The first kappa shape index (κ1) is 25.2. The Labute approximate surface area is 188 Å². The minimum atomic E-state index is -1.13. The van der Waals surface area contributed by atoms with E-state index in [0.717, 1.165) is 19.6 Å². The van der Waals surface area contributed by atoms with Crippen LogP contribution in [0.2, 0.25) is 20.5 Å². The van der Waals surface area contributed by atoms with Crippen molar-refractivity contribution in [2.24, 2.45) is 0 Å². The molecule has 0 aromatic carbocycles. The van der Waals surface area contributed by atoms with Crippen molar-refractivity contribution in [3.05, 3.63) is 26.5 Å². The van der Waals surface area contributed by atoms with Crippen LogP contribution in [0.1, 0.15) is 20.8 Å². The molecule has 2 rings (SSSR count). The molecule has 0 amide bonds. The Hall–Kier alpha value is -1.81. The maximum absolute atomic E-state index is 10.2. The number of carboxylic acid groups (broad SMARTS) is 1. The van der Waals surface area contributed by atoms with Gasteiger partial charge in [0.2, 0.25) is 23.1 Å². The minimum Gasteiger partial charge on any atom is -0.479 e. The largest absolute Gasteiger partial charge is 0.479 e. The number of ether oxygens (including phenoxy) is 1. The number of carbonyl (C=O) groups is 1. The lowest BCUT2D eigenvalue weighted by Crippen LogP contribution is -2.25. The van der Waals surface area contributed by atoms with Crippen LogP contribution < -0.4 is 15.0 Å². The Bertz CT molecular complexity index is 823. The molecule has 0 aliphatic heterocycles. The highest BCUT2D eigenvalue weighted by atomic mass is 35.5. The van der Waals surface area contributed by atoms with Crippen LogP contribution in [0, 0.1) is 0 Å². The summed E-state index contributed by atoms with van der Waals surface area (Å²) in [6.07, 6.45) is 0. The van der Waals surface area contributed by atoms with Crippen molar-refractivity contribution < 1.29 is 14.6 Å². The van der Waals surface area contributed by atoms with Crippen LogP contribution >= 0.6 is 46.4 Å². The number of pyridine rings is 1. The van der Waals surface area contributed by atoms with Crippen molar-refractivity contribution in [1.82, 2.24) is 19.9 Å². The maximum atomic E-state index is 10.2. The zero-order valence-corrected chi connectivity index (χ0v) is 18.9. The van der Waals surface area contributed by atoms with E-state index >= 15 is 0 Å². The smallest absolute Gasteiger partial charge is 0.341 e. The third kappa shape index (κ3) is 8.61. The number of carboxylic acids is 1. The van der Waals surface area contributed by atoms with Gasteiger partial charge in [-0.2, -0.15) is 19.9 Å². The molecule has 0 bridgehead atoms. The van der Waals surface area contributed by atoms with Crippen LogP contribution in [0.25, 0.3) is 0 Å². The molecule has 0 saturated carbocycles. The van der Waals surface area contributed by atoms with Gasteiger partial charge >= 0.3 is 5.97 Å². The van der Waals surface area contributed by atoms with Gasteiger partial charge in [0.05, 0.1) is 5.02 Å². The quantitative estimate of drug-likeness (QED) is 0.527. The monoisotopic (exact) mass is 484 g/mol. The van der Waals surface area contributed by atoms with Crippen molar-refractivity contribution in [3.8, 4) is 5.88 Å². The summed E-state index contributed by atoms with van der Waals surface area (Å²) >= 11 is 22.6. The molecule has 2 aromatic heterocycles. The first-order chi connectivity index (χ1) is 13.7. The average Bonchev–Trinajstić information content (AvgIpc) is 2.65. The average molecular weight is 486 g/mol. The number of hydrogen-bond acceptors (Lipinski definition) is 8. The highest BCUT2D eigenvalue weighted by Crippen LogP contribution is 2.30. The SMILES string of the molecule is CCNc1nc(Cl)nc(N(CC)CC)n1.O=C(O)COc1nc(Cl)c(Cl)cc1Cl. The lowest BCUT2D eigenvalue weighted by molar-refractivity contribution is -0.139. The molecule has 13 heteroatoms. The second kappa shape index (κ2) is 12.7. The number of anilines is 2. The van der Waals surface area contributed by atoms with Crippen LogP contribution in [0.3, 0.4) is 0 Å². The van der Waals surface area contributed by atoms with E-state index in [-0.39, 0.29) is 26.4 Å². The molecule has 0 fully saturated rings. The molecule has 0 spiro atoms. The number of hydrogen-bond donors (Lipinski definition) is 2. The van der Waals surface area contributed by atoms with Crippen LogP contribution in [-0.4, -0.2) is 57.3 Å². The Balaban J connectivity index is 0.000000291. The van der Waals surface area contributed by atoms with Crippen molar-refractivity contribution in [1.29, 1.82) is 0 Å². The number of halogens is 4. The van der Waals surface area contributed by atoms with Crippen LogP contribution in [0.15, 0.2) is 6.07 Å². The Morgan fingerprint density at radius 3 is 2.28 bits per heavy atom. The molecule has 2 aromatic rings. The van der Waals surface area contributed by atoms with Gasteiger partial charge in [-0.3, -0.25) is 0 Å². The Morgan fingerprint density at radius 2 is 1.72 bits per heavy atom. The van der Waals surface area contributed by atoms with Gasteiger partial charge in [0.1, 0.15) is 5.02 Å². The molecule has 0 radical (unpaired) electrons. The summed E-state index contributed by atoms with van der Waals surface area (Å²) in [7, 11) is 0. The maximum Gasteiger partial charge on any atom is 0.341 e. The zero-order chi connectivity index (χ0) is 22.0. The van der Waals surface area contributed by atoms with E-state index in [0.29, 0.717) is 11.9 Å². The molecule has 0 saturated heterocycles. The molecule has 2 heterocycles. The third-order valence-corrected chi connectivity index (χ3v) is 4.28. The summed E-state index contributed by atoms with van der Waals surface area (Å²) in [6, 6.07) is 1.33. The first-order valence-corrected chi connectivity index (χ1v) is 9.99. The number of rotatable bonds is 8. The fourth-order valence-electron chi connectivity index (χ4n) is 1.88. The van der Waals surface area contributed by atoms with E-state index in [9.17, 15) is 4.79 Å². The number of aromatic nitrogens is 4. The van der Waals surface area contributed by atoms with E-state index in [1.54, 1.807) is 0 Å². The molecule has 160 valence electrons. The molecular formula is C16H20Cl4N6O3. The predicted octanol–water partition coefficient (Wildman–Crippen LogP) is 4.31. The van der Waals surface area contributed by atoms with Gasteiger partial charge in [-0.05, 0) is 38.4 Å². The van der Waals surface area contributed by atoms with Gasteiger partial charge in [0, 0.05) is 19.6 Å². The second-order valence-corrected chi connectivity index (χ2v) is 6.67. The van der Waals surface area contributed by atoms with Gasteiger partial charge in [-0.1, -0.05) is 34.8 Å². The van der Waals surface area contributed by atoms with Crippen molar-refractivity contribution in [2.75, 3.05) is 36.5 Å². The minimum absolute atomic E-state index is 0.0106. The summed E-state index contributed by atoms with van der Waals surface area (Å²) in [5.74, 6) is -0.0345. The van der Waals surface area contributed by atoms with Crippen LogP contribution in [0.4, 0.5) is 11.9 Å². The normalized spacial score (nSPS) is 10.0. The van der Waals surface area contributed by atoms with Gasteiger partial charge in [0.25, 0.3) is 0 Å². The number of aliphatic carboxylic acids is 1. The summed E-state index contributed by atoms with van der Waals surface area (Å²) < 4.78 is 4.75. The molecule has 0 aliphatic rings. The van der Waals surface area contributed by atoms with Crippen LogP contribution in [-0.2, 0) is 4.79 Å². The van der Waals surface area contributed by atoms with Gasteiger partial charge in [-0.25, -0.2) is 4.79 Å². The van der Waals surface area contributed by atoms with Crippen molar-refractivity contribution in [3.63, 3.8) is 0 Å². The fourth-order valence-corrected chi connectivity index (χ4v) is 2.58. The van der Waals surface area contributed by atoms with Crippen LogP contribution in [0.5, 0.6) is 5.88 Å². The molecule has 0 atom stereocenters. The van der Waals surface area contributed by atoms with E-state index in [1.807, 2.05) is 25.7 Å². The van der Waals surface area contributed by atoms with E-state index < -0.39 is 12.6 Å². The van der Waals surface area contributed by atoms with Gasteiger partial charge < -0.3 is 20.1 Å². The van der Waals surface area contributed by atoms with E-state index in [4.69, 9.17) is 56.2 Å². The Morgan fingerprint density at radius 1 is 1.07 bits per heavy atom. The van der Waals surface area contributed by atoms with E-state index in [2.05, 4.69) is 25.3 Å². The molecule has 29 heavy (non-hydrogen) atoms. The Kier molecular flexibility index (Phi) is 11.0. The van der Waals surface area contributed by atoms with E-state index in [1.165, 1.54) is 6.07 Å². The standard InChI is InChI=1S/C9H16ClN5.C7H4Cl3NO3/c1-4-11-8-12-7(10)13-9(14-8)15(5-2)6-3;8-3-1-4(9)7(11-6(3)10)14-2-5(12)13/h4-6H2,1-3H3,(H,11,12,13,14);1H,2H2,(H,12,13). The number of nitrogens with zero attached hydrogens (tertiary/aromatic N) is 5. The van der Waals surface area contributed by atoms with Crippen molar-refractivity contribution in [2.45, 2.75) is 20.8 Å². The molecule has 0 aliphatic carbocycles. The fraction of sp³-hybridized carbons (Fsp3) is 0.438. The van der Waals surface area contributed by atoms with Gasteiger partial charge in [0.15, 0.2) is 11.8 Å². The third-order valence-electron chi connectivity index (χ3n) is 3.16. The predicted molar refractivity (Wildman–Crippen MR) is 115 cm³/mol. The topological polar surface area (TPSA) is 113 Å². The molecular weight excluding hydrogens is 466 g/mol. The molecule has 9 nitrogen and oxygen atoms in total. The number of nitrogens with one attached hydrogen (secondary N) is 1. The first-order valence-electron chi connectivity index (χ1n) is 8.48. The molecule has 2 N–H and O–H groups in total. The summed E-state index contributed by atoms with van der Waals surface area (Å²) in [5, 5.41) is 11.9. The lowest BCUT2D eigenvalue weighted by Gasteiger charge is -2.18. The summed E-state index contributed by atoms with van der Waals surface area (Å²) in [5.41, 5.74) is 0. The summed E-state index contributed by atoms with van der Waals surface area (Å²) in [4.78, 5) is 28.2. The van der Waals surface area contributed by atoms with Gasteiger partial charge in [-0.15, -0.1) is 0 Å². The highest BCUT2D eigenvalue weighted by molar-refractivity contribution is 6.42. The molecule has 0 unspecified atom stereocenters. The zero-order valence-electron chi connectivity index (χ0n) is 15.9. The highest BCUT2D eigenvalue weighted by Gasteiger charge is 2.10. The lowest BCUT2D eigenvalue weighted by atomic mass is 10.5. The second-order valence-electron chi connectivity index (χ2n) is 5.16. The van der Waals surface area contributed by atoms with Crippen molar-refractivity contribution >= 4 is 64.3 Å².